The molecule has 1 unspecified atom stereocenters. The molecular weight excluding hydrogens is 282 g/mol. The number of aliphatic imine (C=N–C) groups is 1. The molecule has 2 heterocycles. The average molecular weight is 295 g/mol. The largest absolute Gasteiger partial charge is 0.351 e. The van der Waals surface area contributed by atoms with Crippen molar-refractivity contribution in [1.82, 2.24) is 0 Å². The van der Waals surface area contributed by atoms with Crippen LogP contribution in [0.2, 0.25) is 0 Å². The summed E-state index contributed by atoms with van der Waals surface area (Å²) in [6.07, 6.45) is 11.0. The summed E-state index contributed by atoms with van der Waals surface area (Å²) < 4.78 is 5.93. The van der Waals surface area contributed by atoms with Crippen molar-refractivity contribution in [2.75, 3.05) is 6.61 Å². The summed E-state index contributed by atoms with van der Waals surface area (Å²) in [5.41, 5.74) is 1.54. The molecule has 4 rings (SSSR count). The number of rotatable bonds is 0. The summed E-state index contributed by atoms with van der Waals surface area (Å²) in [6, 6.07) is 8.15. The zero-order valence-electron chi connectivity index (χ0n) is 11.3. The Kier molecular flexibility index (Phi) is 2.94. The van der Waals surface area contributed by atoms with Crippen molar-refractivity contribution in [3.63, 3.8) is 0 Å². The molecule has 3 nitrogen and oxygen atoms in total. The first-order valence-corrected chi connectivity index (χ1v) is 7.67. The Bertz CT molecular complexity index is 745. The van der Waals surface area contributed by atoms with Gasteiger partial charge in [-0.15, -0.1) is 0 Å². The molecule has 0 radical (unpaired) electrons. The Labute approximate surface area is 127 Å². The lowest BCUT2D eigenvalue weighted by Crippen LogP contribution is -2.36. The van der Waals surface area contributed by atoms with Crippen LogP contribution in [-0.2, 0) is 15.1 Å². The van der Waals surface area contributed by atoms with Gasteiger partial charge in [-0.3, -0.25) is 4.79 Å². The second-order valence-corrected chi connectivity index (χ2v) is 6.25. The van der Waals surface area contributed by atoms with Gasteiger partial charge in [0.05, 0.1) is 0 Å². The third-order valence-electron chi connectivity index (χ3n) is 3.79. The number of carbonyl (C=O) groups excluding carboxylic acids is 1. The van der Waals surface area contributed by atoms with Gasteiger partial charge in [0.25, 0.3) is 5.91 Å². The topological polar surface area (TPSA) is 38.7 Å². The van der Waals surface area contributed by atoms with E-state index in [1.807, 2.05) is 18.2 Å². The number of thioether (sulfide) groups is 1. The minimum Gasteiger partial charge on any atom is -0.351 e. The van der Waals surface area contributed by atoms with E-state index in [1.54, 1.807) is 18.0 Å². The first kappa shape index (κ1) is 12.8. The molecule has 1 spiro atoms. The van der Waals surface area contributed by atoms with Crippen LogP contribution in [0.1, 0.15) is 12.0 Å². The van der Waals surface area contributed by atoms with E-state index in [-0.39, 0.29) is 12.5 Å². The van der Waals surface area contributed by atoms with Crippen molar-refractivity contribution >= 4 is 23.9 Å². The number of ether oxygens (including phenoxy) is 1. The number of fused-ring (bicyclic) bond motifs is 3. The number of hydrogen-bond acceptors (Lipinski definition) is 3. The van der Waals surface area contributed by atoms with Gasteiger partial charge in [-0.2, -0.15) is 0 Å². The summed E-state index contributed by atoms with van der Waals surface area (Å²) in [7, 11) is 0. The Morgan fingerprint density at radius 1 is 1.29 bits per heavy atom. The normalized spacial score (nSPS) is 26.8. The fraction of sp³-hybridized carbons (Fsp3) is 0.176. The summed E-state index contributed by atoms with van der Waals surface area (Å²) >= 11 is 1.75. The molecular formula is C17H13NO2S. The molecule has 0 aromatic heterocycles. The first-order chi connectivity index (χ1) is 10.3. The van der Waals surface area contributed by atoms with E-state index in [0.717, 1.165) is 16.9 Å². The van der Waals surface area contributed by atoms with Crippen LogP contribution in [0.3, 0.4) is 0 Å². The van der Waals surface area contributed by atoms with E-state index < -0.39 is 5.60 Å². The number of carbonyl (C=O) groups is 1. The minimum absolute atomic E-state index is 0.0220. The van der Waals surface area contributed by atoms with Crippen molar-refractivity contribution in [2.45, 2.75) is 16.9 Å². The van der Waals surface area contributed by atoms with Crippen LogP contribution in [0.5, 0.6) is 0 Å². The van der Waals surface area contributed by atoms with E-state index in [1.165, 1.54) is 10.5 Å². The van der Waals surface area contributed by atoms with Crippen molar-refractivity contribution < 1.29 is 9.53 Å². The highest BCUT2D eigenvalue weighted by Crippen LogP contribution is 2.46. The molecule has 2 aliphatic heterocycles. The lowest BCUT2D eigenvalue weighted by atomic mass is 9.90. The third kappa shape index (κ3) is 2.11. The fourth-order valence-electron chi connectivity index (χ4n) is 2.77. The quantitative estimate of drug-likeness (QED) is 0.736. The summed E-state index contributed by atoms with van der Waals surface area (Å²) in [4.78, 5) is 17.8. The molecule has 0 saturated carbocycles. The highest BCUT2D eigenvalue weighted by atomic mass is 32.2. The second-order valence-electron chi connectivity index (χ2n) is 5.16. The molecule has 3 aliphatic rings. The van der Waals surface area contributed by atoms with Crippen LogP contribution in [-0.4, -0.2) is 18.7 Å². The molecule has 104 valence electrons. The maximum absolute atomic E-state index is 11.4. The molecule has 1 aromatic carbocycles. The number of allylic oxidation sites excluding steroid dienone is 4. The second kappa shape index (κ2) is 4.83. The first-order valence-electron chi connectivity index (χ1n) is 6.85. The van der Waals surface area contributed by atoms with Crippen LogP contribution < -0.4 is 0 Å². The minimum atomic E-state index is -0.729. The molecule has 0 saturated heterocycles. The van der Waals surface area contributed by atoms with Crippen molar-refractivity contribution in [1.29, 1.82) is 0 Å². The number of nitrogens with zero attached hydrogens (tertiary/aromatic N) is 1. The zero-order chi connectivity index (χ0) is 14.3. The van der Waals surface area contributed by atoms with Gasteiger partial charge in [0.15, 0.2) is 0 Å². The lowest BCUT2D eigenvalue weighted by Gasteiger charge is -2.30. The van der Waals surface area contributed by atoms with Gasteiger partial charge < -0.3 is 4.74 Å². The molecule has 1 aromatic rings. The van der Waals surface area contributed by atoms with E-state index in [2.05, 4.69) is 35.4 Å². The molecule has 0 fully saturated rings. The average Bonchev–Trinajstić information content (AvgIpc) is 2.65. The van der Waals surface area contributed by atoms with Gasteiger partial charge in [-0.1, -0.05) is 42.1 Å². The molecule has 1 aliphatic carbocycles. The van der Waals surface area contributed by atoms with E-state index >= 15 is 0 Å². The van der Waals surface area contributed by atoms with Gasteiger partial charge in [0.1, 0.15) is 12.2 Å². The van der Waals surface area contributed by atoms with Crippen molar-refractivity contribution in [3.8, 4) is 0 Å². The fourth-order valence-corrected chi connectivity index (χ4v) is 3.91. The summed E-state index contributed by atoms with van der Waals surface area (Å²) in [5.74, 6) is -0.229. The zero-order valence-corrected chi connectivity index (χ0v) is 12.1. The lowest BCUT2D eigenvalue weighted by molar-refractivity contribution is -0.126. The molecule has 1 atom stereocenters. The van der Waals surface area contributed by atoms with E-state index in [4.69, 9.17) is 4.74 Å². The van der Waals surface area contributed by atoms with Crippen LogP contribution in [0.25, 0.3) is 0 Å². The van der Waals surface area contributed by atoms with Crippen LogP contribution in [0.15, 0.2) is 68.9 Å². The van der Waals surface area contributed by atoms with Crippen LogP contribution in [0.4, 0.5) is 0 Å². The van der Waals surface area contributed by atoms with Crippen LogP contribution in [0, 0.1) is 0 Å². The van der Waals surface area contributed by atoms with Crippen molar-refractivity contribution in [2.24, 2.45) is 4.99 Å². The van der Waals surface area contributed by atoms with E-state index in [9.17, 15) is 4.79 Å². The summed E-state index contributed by atoms with van der Waals surface area (Å²) in [5, 5.41) is 0. The maximum atomic E-state index is 11.4. The highest BCUT2D eigenvalue weighted by Gasteiger charge is 2.38. The van der Waals surface area contributed by atoms with Crippen molar-refractivity contribution in [3.05, 3.63) is 64.6 Å². The Hall–Kier alpha value is -1.91. The van der Waals surface area contributed by atoms with Gasteiger partial charge in [-0.05, 0) is 30.2 Å². The Morgan fingerprint density at radius 3 is 3.05 bits per heavy atom. The molecule has 0 bridgehead atoms. The van der Waals surface area contributed by atoms with Gasteiger partial charge in [-0.25, -0.2) is 4.99 Å². The maximum Gasteiger partial charge on any atom is 0.271 e. The molecule has 4 heteroatoms. The number of hydrogen-bond donors (Lipinski definition) is 0. The predicted molar refractivity (Wildman–Crippen MR) is 83.4 cm³/mol. The van der Waals surface area contributed by atoms with Gasteiger partial charge >= 0.3 is 0 Å². The number of amides is 1. The summed E-state index contributed by atoms with van der Waals surface area (Å²) in [6.45, 7) is 0.0220. The SMILES string of the molecule is O=C1COC2(C=N1)C=C1CC=CC=C1Sc1ccccc12. The van der Waals surface area contributed by atoms with Crippen LogP contribution >= 0.6 is 11.8 Å². The third-order valence-corrected chi connectivity index (χ3v) is 4.98. The highest BCUT2D eigenvalue weighted by molar-refractivity contribution is 8.03. The Morgan fingerprint density at radius 2 is 2.19 bits per heavy atom. The predicted octanol–water partition coefficient (Wildman–Crippen LogP) is 3.39. The number of benzene rings is 1. The van der Waals surface area contributed by atoms with E-state index in [0.29, 0.717) is 0 Å². The van der Waals surface area contributed by atoms with Gasteiger partial charge in [0.2, 0.25) is 0 Å². The molecule has 1 amide bonds. The monoisotopic (exact) mass is 295 g/mol. The molecule has 0 N–H and O–H groups in total. The smallest absolute Gasteiger partial charge is 0.271 e. The van der Waals surface area contributed by atoms with Gasteiger partial charge in [0, 0.05) is 21.6 Å². The molecule has 21 heavy (non-hydrogen) atoms. The standard InChI is InChI=1S/C17H13NO2S/c19-16-10-20-17(11-18-16)9-12-5-1-3-7-14(12)21-15-8-4-2-6-13(15)17/h1-4,6-9,11H,5,10H2. The Balaban J connectivity index is 1.95.